The molecule has 2 aromatic rings. The Balaban J connectivity index is 1.74. The van der Waals surface area contributed by atoms with Crippen molar-refractivity contribution in [3.63, 3.8) is 0 Å². The van der Waals surface area contributed by atoms with Crippen LogP contribution in [0.15, 0.2) is 48.8 Å². The predicted molar refractivity (Wildman–Crippen MR) is 95.5 cm³/mol. The normalized spacial score (nSPS) is 17.4. The SMILES string of the molecule is CCCCc1ccc(C(=O)N2CCSC2c2ccncc2)cc1. The Hall–Kier alpha value is -1.81. The molecule has 1 aliphatic rings. The first-order chi connectivity index (χ1) is 11.3. The topological polar surface area (TPSA) is 33.2 Å². The highest BCUT2D eigenvalue weighted by Gasteiger charge is 2.31. The van der Waals surface area contributed by atoms with Gasteiger partial charge in [-0.05, 0) is 48.2 Å². The first-order valence-corrected chi connectivity index (χ1v) is 9.26. The van der Waals surface area contributed by atoms with Gasteiger partial charge in [-0.1, -0.05) is 25.5 Å². The van der Waals surface area contributed by atoms with Crippen LogP contribution >= 0.6 is 11.8 Å². The summed E-state index contributed by atoms with van der Waals surface area (Å²) in [5.41, 5.74) is 3.24. The molecule has 3 nitrogen and oxygen atoms in total. The quantitative estimate of drug-likeness (QED) is 0.821. The van der Waals surface area contributed by atoms with Crippen LogP contribution in [0.1, 0.15) is 46.6 Å². The average Bonchev–Trinajstić information content (AvgIpc) is 3.10. The lowest BCUT2D eigenvalue weighted by Crippen LogP contribution is -2.30. The van der Waals surface area contributed by atoms with Gasteiger partial charge in [0.1, 0.15) is 5.37 Å². The van der Waals surface area contributed by atoms with Gasteiger partial charge in [0, 0.05) is 30.3 Å². The molecule has 3 rings (SSSR count). The van der Waals surface area contributed by atoms with Gasteiger partial charge >= 0.3 is 0 Å². The van der Waals surface area contributed by atoms with Gasteiger partial charge in [0.05, 0.1) is 0 Å². The summed E-state index contributed by atoms with van der Waals surface area (Å²) in [6.45, 7) is 3.00. The monoisotopic (exact) mass is 326 g/mol. The van der Waals surface area contributed by atoms with Crippen molar-refractivity contribution in [2.75, 3.05) is 12.3 Å². The molecule has 0 aliphatic carbocycles. The number of rotatable bonds is 5. The van der Waals surface area contributed by atoms with Crippen LogP contribution in [0, 0.1) is 0 Å². The molecule has 4 heteroatoms. The third kappa shape index (κ3) is 3.75. The van der Waals surface area contributed by atoms with Gasteiger partial charge < -0.3 is 4.90 Å². The van der Waals surface area contributed by atoms with Gasteiger partial charge in [0.15, 0.2) is 0 Å². The van der Waals surface area contributed by atoms with Crippen LogP contribution in [-0.2, 0) is 6.42 Å². The Labute approximate surface area is 142 Å². The standard InChI is InChI=1S/C19H22N2OS/c1-2-3-4-15-5-7-16(8-6-15)18(22)21-13-14-23-19(21)17-9-11-20-12-10-17/h5-12,19H,2-4,13-14H2,1H3. The van der Waals surface area contributed by atoms with Crippen LogP contribution in [0.2, 0.25) is 0 Å². The van der Waals surface area contributed by atoms with Gasteiger partial charge in [0.2, 0.25) is 0 Å². The van der Waals surface area contributed by atoms with Crippen LogP contribution in [0.3, 0.4) is 0 Å². The van der Waals surface area contributed by atoms with Crippen LogP contribution in [0.25, 0.3) is 0 Å². The number of carbonyl (C=O) groups is 1. The van der Waals surface area contributed by atoms with E-state index in [9.17, 15) is 4.79 Å². The van der Waals surface area contributed by atoms with E-state index in [0.717, 1.165) is 29.8 Å². The molecule has 1 unspecified atom stereocenters. The van der Waals surface area contributed by atoms with E-state index < -0.39 is 0 Å². The van der Waals surface area contributed by atoms with Gasteiger partial charge in [-0.3, -0.25) is 9.78 Å². The molecule has 1 aromatic heterocycles. The minimum absolute atomic E-state index is 0.102. The summed E-state index contributed by atoms with van der Waals surface area (Å²) in [6.07, 6.45) is 7.06. The Morgan fingerprint density at radius 1 is 1.22 bits per heavy atom. The highest BCUT2D eigenvalue weighted by atomic mass is 32.2. The summed E-state index contributed by atoms with van der Waals surface area (Å²) < 4.78 is 0. The molecule has 120 valence electrons. The van der Waals surface area contributed by atoms with Crippen molar-refractivity contribution in [2.45, 2.75) is 31.6 Å². The molecule has 1 saturated heterocycles. The van der Waals surface area contributed by atoms with Gasteiger partial charge in [-0.25, -0.2) is 0 Å². The summed E-state index contributed by atoms with van der Waals surface area (Å²) in [4.78, 5) is 18.9. The van der Waals surface area contributed by atoms with E-state index >= 15 is 0 Å². The molecule has 0 radical (unpaired) electrons. The number of thioether (sulfide) groups is 1. The van der Waals surface area contributed by atoms with E-state index in [1.807, 2.05) is 40.9 Å². The number of unbranched alkanes of at least 4 members (excludes halogenated alkanes) is 1. The van der Waals surface area contributed by atoms with Gasteiger partial charge in [-0.2, -0.15) is 0 Å². The summed E-state index contributed by atoms with van der Waals surface area (Å²) in [5.74, 6) is 1.10. The number of carbonyl (C=O) groups excluding carboxylic acids is 1. The molecule has 2 heterocycles. The van der Waals surface area contributed by atoms with Crippen LogP contribution in [-0.4, -0.2) is 28.1 Å². The molecule has 1 aromatic carbocycles. The van der Waals surface area contributed by atoms with E-state index in [1.165, 1.54) is 18.4 Å². The van der Waals surface area contributed by atoms with Crippen LogP contribution in [0.4, 0.5) is 0 Å². The molecule has 1 fully saturated rings. The number of hydrogen-bond acceptors (Lipinski definition) is 3. The zero-order chi connectivity index (χ0) is 16.1. The third-order valence-corrected chi connectivity index (χ3v) is 5.42. The Morgan fingerprint density at radius 3 is 2.65 bits per heavy atom. The van der Waals surface area contributed by atoms with Crippen LogP contribution < -0.4 is 0 Å². The summed E-state index contributed by atoms with van der Waals surface area (Å²) in [5, 5.41) is 0.102. The summed E-state index contributed by atoms with van der Waals surface area (Å²) in [6, 6.07) is 12.1. The maximum absolute atomic E-state index is 12.9. The number of aryl methyl sites for hydroxylation is 1. The van der Waals surface area contributed by atoms with E-state index in [4.69, 9.17) is 0 Å². The smallest absolute Gasteiger partial charge is 0.255 e. The second-order valence-electron chi connectivity index (χ2n) is 5.80. The molecular formula is C19H22N2OS. The van der Waals surface area contributed by atoms with Gasteiger partial charge in [0.25, 0.3) is 5.91 Å². The fraction of sp³-hybridized carbons (Fsp3) is 0.368. The zero-order valence-electron chi connectivity index (χ0n) is 13.4. The maximum atomic E-state index is 12.9. The third-order valence-electron chi connectivity index (χ3n) is 4.16. The number of nitrogens with zero attached hydrogens (tertiary/aromatic N) is 2. The summed E-state index contributed by atoms with van der Waals surface area (Å²) >= 11 is 1.82. The number of aromatic nitrogens is 1. The van der Waals surface area contributed by atoms with E-state index in [2.05, 4.69) is 24.0 Å². The Kier molecular flexibility index (Phi) is 5.34. The van der Waals surface area contributed by atoms with Crippen molar-refractivity contribution in [3.8, 4) is 0 Å². The number of amides is 1. The van der Waals surface area contributed by atoms with E-state index in [1.54, 1.807) is 12.4 Å². The fourth-order valence-corrected chi connectivity index (χ4v) is 4.10. The molecule has 0 saturated carbocycles. The lowest BCUT2D eigenvalue weighted by molar-refractivity contribution is 0.0760. The fourth-order valence-electron chi connectivity index (χ4n) is 2.84. The largest absolute Gasteiger partial charge is 0.322 e. The Morgan fingerprint density at radius 2 is 1.96 bits per heavy atom. The number of benzene rings is 1. The first kappa shape index (κ1) is 16.1. The van der Waals surface area contributed by atoms with Crippen LogP contribution in [0.5, 0.6) is 0 Å². The second-order valence-corrected chi connectivity index (χ2v) is 6.99. The van der Waals surface area contributed by atoms with Gasteiger partial charge in [-0.15, -0.1) is 11.8 Å². The van der Waals surface area contributed by atoms with Crippen molar-refractivity contribution < 1.29 is 4.79 Å². The number of hydrogen-bond donors (Lipinski definition) is 0. The average molecular weight is 326 g/mol. The molecule has 1 atom stereocenters. The molecule has 0 N–H and O–H groups in total. The van der Waals surface area contributed by atoms with E-state index in [-0.39, 0.29) is 11.3 Å². The molecule has 1 aliphatic heterocycles. The zero-order valence-corrected chi connectivity index (χ0v) is 14.3. The number of pyridine rings is 1. The maximum Gasteiger partial charge on any atom is 0.255 e. The molecule has 1 amide bonds. The first-order valence-electron chi connectivity index (χ1n) is 8.21. The van der Waals surface area contributed by atoms with E-state index in [0.29, 0.717) is 0 Å². The van der Waals surface area contributed by atoms with Crippen molar-refractivity contribution in [3.05, 3.63) is 65.5 Å². The molecule has 23 heavy (non-hydrogen) atoms. The Bertz CT molecular complexity index is 642. The lowest BCUT2D eigenvalue weighted by Gasteiger charge is -2.24. The predicted octanol–water partition coefficient (Wildman–Crippen LogP) is 4.31. The highest BCUT2D eigenvalue weighted by molar-refractivity contribution is 7.99. The second kappa shape index (κ2) is 7.64. The summed E-state index contributed by atoms with van der Waals surface area (Å²) in [7, 11) is 0. The van der Waals surface area contributed by atoms with Crippen molar-refractivity contribution >= 4 is 17.7 Å². The molecule has 0 bridgehead atoms. The minimum atomic E-state index is 0.102. The molecular weight excluding hydrogens is 304 g/mol. The molecule has 0 spiro atoms. The minimum Gasteiger partial charge on any atom is -0.322 e. The van der Waals surface area contributed by atoms with Crippen molar-refractivity contribution in [1.82, 2.24) is 9.88 Å². The van der Waals surface area contributed by atoms with Crippen molar-refractivity contribution in [1.29, 1.82) is 0 Å². The highest BCUT2D eigenvalue weighted by Crippen LogP contribution is 2.38. The lowest BCUT2D eigenvalue weighted by atomic mass is 10.1. The van der Waals surface area contributed by atoms with Crippen molar-refractivity contribution in [2.24, 2.45) is 0 Å².